The molecule has 0 aliphatic rings. The summed E-state index contributed by atoms with van der Waals surface area (Å²) in [6.07, 6.45) is 0.706. The van der Waals surface area contributed by atoms with Crippen molar-refractivity contribution < 1.29 is 42.2 Å². The highest BCUT2D eigenvalue weighted by Crippen LogP contribution is 2.42. The Morgan fingerprint density at radius 2 is 1.43 bits per heavy atom. The lowest BCUT2D eigenvalue weighted by molar-refractivity contribution is -0.126. The number of nitrogens with zero attached hydrogens (tertiary/aromatic N) is 3. The van der Waals surface area contributed by atoms with E-state index < -0.39 is 79.1 Å². The Balaban J connectivity index is 1.53. The number of benzene rings is 4. The van der Waals surface area contributed by atoms with Gasteiger partial charge in [0.25, 0.3) is 11.8 Å². The smallest absolute Gasteiger partial charge is 0.408 e. The van der Waals surface area contributed by atoms with E-state index in [1.54, 1.807) is 67.4 Å². The Bertz CT molecular complexity index is 2560. The minimum atomic E-state index is -1.45. The van der Waals surface area contributed by atoms with Crippen LogP contribution < -0.4 is 21.3 Å². The van der Waals surface area contributed by atoms with Crippen molar-refractivity contribution in [2.75, 3.05) is 24.6 Å². The zero-order valence-electron chi connectivity index (χ0n) is 41.8. The molecule has 1 aromatic heterocycles. The SMILES string of the molecule is CC(C)[C@H](NC(=O)OCc1ccccc1)C(=O)N(c1ccc(C(=O)N(CCCNC(=O)OCC[Si](C)(C)C)[C@@H](c2cc(-c3cc(F)ccc3F)cn2Cc2ccccc2)C(C)(C)C)cc1)[C@@H](C)C(N)=O. The van der Waals surface area contributed by atoms with Gasteiger partial charge in [-0.05, 0) is 90.4 Å². The molecule has 3 atom stereocenters. The maximum absolute atomic E-state index is 15.5. The molecule has 5 aromatic rings. The van der Waals surface area contributed by atoms with Gasteiger partial charge in [0.05, 0.1) is 12.6 Å². The van der Waals surface area contributed by atoms with E-state index in [-0.39, 0.29) is 36.5 Å². The van der Waals surface area contributed by atoms with Crippen LogP contribution in [0.2, 0.25) is 25.7 Å². The van der Waals surface area contributed by atoms with Crippen LogP contribution in [-0.2, 0) is 32.2 Å². The van der Waals surface area contributed by atoms with Crippen LogP contribution in [0.15, 0.2) is 115 Å². The van der Waals surface area contributed by atoms with Crippen molar-refractivity contribution in [2.45, 2.75) is 105 Å². The van der Waals surface area contributed by atoms with Gasteiger partial charge in [-0.3, -0.25) is 19.3 Å². The topological polar surface area (TPSA) is 165 Å². The van der Waals surface area contributed by atoms with Crippen molar-refractivity contribution in [3.05, 3.63) is 149 Å². The molecule has 0 aliphatic heterocycles. The summed E-state index contributed by atoms with van der Waals surface area (Å²) in [4.78, 5) is 71.1. The van der Waals surface area contributed by atoms with E-state index in [4.69, 9.17) is 15.2 Å². The van der Waals surface area contributed by atoms with Crippen molar-refractivity contribution in [3.8, 4) is 11.1 Å². The van der Waals surface area contributed by atoms with Crippen LogP contribution in [0, 0.1) is 23.0 Å². The number of primary amides is 1. The molecule has 0 unspecified atom stereocenters. The minimum absolute atomic E-state index is 0.0247. The second-order valence-electron chi connectivity index (χ2n) is 20.1. The maximum Gasteiger partial charge on any atom is 0.408 e. The van der Waals surface area contributed by atoms with Crippen LogP contribution in [-0.4, -0.2) is 79.2 Å². The lowest BCUT2D eigenvalue weighted by Crippen LogP contribution is -2.56. The molecule has 0 fully saturated rings. The number of amides is 5. The van der Waals surface area contributed by atoms with Crippen LogP contribution >= 0.6 is 0 Å². The quantitative estimate of drug-likeness (QED) is 0.0486. The van der Waals surface area contributed by atoms with E-state index in [1.165, 1.54) is 11.8 Å². The van der Waals surface area contributed by atoms with Crippen LogP contribution in [0.1, 0.15) is 81.2 Å². The van der Waals surface area contributed by atoms with Crippen LogP contribution in [0.5, 0.6) is 0 Å². The Labute approximate surface area is 411 Å². The third-order valence-electron chi connectivity index (χ3n) is 11.8. The Morgan fingerprint density at radius 1 is 0.800 bits per heavy atom. The van der Waals surface area contributed by atoms with Crippen molar-refractivity contribution in [1.82, 2.24) is 20.1 Å². The fourth-order valence-corrected chi connectivity index (χ4v) is 8.77. The minimum Gasteiger partial charge on any atom is -0.450 e. The highest BCUT2D eigenvalue weighted by atomic mass is 28.3. The van der Waals surface area contributed by atoms with E-state index >= 15 is 9.18 Å². The second kappa shape index (κ2) is 24.1. The zero-order valence-corrected chi connectivity index (χ0v) is 42.8. The van der Waals surface area contributed by atoms with Gasteiger partial charge >= 0.3 is 12.2 Å². The van der Waals surface area contributed by atoms with Crippen LogP contribution in [0.4, 0.5) is 24.1 Å². The van der Waals surface area contributed by atoms with Crippen LogP contribution in [0.25, 0.3) is 11.1 Å². The number of rotatable bonds is 21. The Kier molecular flexibility index (Phi) is 18.7. The molecule has 4 N–H and O–H groups in total. The molecule has 374 valence electrons. The standard InChI is InChI=1S/C54H68F2N6O7Si/c1-36(2)47(59-53(67)69-35-39-19-14-11-15-20-39)51(65)62(37(3)49(57)63)43-24-21-40(22-25-43)50(64)61(28-16-27-58-52(66)68-29-30-70(7,8)9)48(54(4,5)6)46-31-41(44-32-42(55)23-26-45(44)56)34-60(46)33-38-17-12-10-13-18-38/h10-15,17-26,31-32,34,36-37,47-48H,16,27-30,33,35H2,1-9H3,(H2,57,63)(H,58,66)(H,59,67)/t37-,47-,48-/m0/s1. The molecule has 5 rings (SSSR count). The van der Waals surface area contributed by atoms with Crippen molar-refractivity contribution >= 4 is 43.7 Å². The zero-order chi connectivity index (χ0) is 51.3. The summed E-state index contributed by atoms with van der Waals surface area (Å²) >= 11 is 0. The fraction of sp³-hybridized carbons (Fsp3) is 0.389. The number of anilines is 1. The summed E-state index contributed by atoms with van der Waals surface area (Å²) < 4.78 is 43.0. The van der Waals surface area contributed by atoms with Gasteiger partial charge in [0, 0.05) is 62.0 Å². The molecule has 0 bridgehead atoms. The third-order valence-corrected chi connectivity index (χ3v) is 13.5. The summed E-state index contributed by atoms with van der Waals surface area (Å²) in [6.45, 7) is 18.5. The first-order chi connectivity index (χ1) is 33.0. The average molecular weight is 979 g/mol. The molecule has 16 heteroatoms. The number of aromatic nitrogens is 1. The molecule has 0 saturated carbocycles. The molecule has 5 amide bonds. The number of nitrogens with two attached hydrogens (primary N) is 1. The maximum atomic E-state index is 15.5. The monoisotopic (exact) mass is 978 g/mol. The normalized spacial score (nSPS) is 12.9. The van der Waals surface area contributed by atoms with Gasteiger partial charge < -0.3 is 35.3 Å². The van der Waals surface area contributed by atoms with Gasteiger partial charge in [-0.1, -0.05) is 115 Å². The van der Waals surface area contributed by atoms with Crippen molar-refractivity contribution in [3.63, 3.8) is 0 Å². The van der Waals surface area contributed by atoms with Gasteiger partial charge in [0.15, 0.2) is 0 Å². The van der Waals surface area contributed by atoms with E-state index in [1.807, 2.05) is 73.9 Å². The lowest BCUT2D eigenvalue weighted by Gasteiger charge is -2.41. The van der Waals surface area contributed by atoms with E-state index in [0.29, 0.717) is 30.8 Å². The largest absolute Gasteiger partial charge is 0.450 e. The summed E-state index contributed by atoms with van der Waals surface area (Å²) in [7, 11) is -1.45. The summed E-state index contributed by atoms with van der Waals surface area (Å²) in [6, 6.07) is 27.8. The number of carbonyl (C=O) groups excluding carboxylic acids is 5. The van der Waals surface area contributed by atoms with E-state index in [9.17, 15) is 23.6 Å². The van der Waals surface area contributed by atoms with Crippen LogP contribution in [0.3, 0.4) is 0 Å². The number of carbonyl (C=O) groups is 5. The van der Waals surface area contributed by atoms with Gasteiger partial charge in [0.1, 0.15) is 30.3 Å². The first-order valence-corrected chi connectivity index (χ1v) is 27.4. The molecule has 0 radical (unpaired) electrons. The summed E-state index contributed by atoms with van der Waals surface area (Å²) in [5.74, 6) is -3.48. The molecule has 4 aromatic carbocycles. The molecule has 13 nitrogen and oxygen atoms in total. The van der Waals surface area contributed by atoms with Crippen molar-refractivity contribution in [2.24, 2.45) is 17.1 Å². The molecule has 0 aliphatic carbocycles. The Morgan fingerprint density at radius 3 is 2.01 bits per heavy atom. The first kappa shape index (κ1) is 54.1. The third kappa shape index (κ3) is 15.1. The lowest BCUT2D eigenvalue weighted by atomic mass is 9.82. The van der Waals surface area contributed by atoms with Gasteiger partial charge in [-0.15, -0.1) is 0 Å². The highest BCUT2D eigenvalue weighted by molar-refractivity contribution is 6.76. The number of nitrogens with one attached hydrogen (secondary N) is 2. The number of alkyl carbamates (subject to hydrolysis) is 2. The molecule has 70 heavy (non-hydrogen) atoms. The highest BCUT2D eigenvalue weighted by Gasteiger charge is 2.39. The van der Waals surface area contributed by atoms with Gasteiger partial charge in [0.2, 0.25) is 5.91 Å². The number of hydrogen-bond donors (Lipinski definition) is 3. The predicted molar refractivity (Wildman–Crippen MR) is 272 cm³/mol. The second-order valence-corrected chi connectivity index (χ2v) is 25.8. The molecule has 0 spiro atoms. The number of ether oxygens (including phenoxy) is 2. The predicted octanol–water partition coefficient (Wildman–Crippen LogP) is 10.3. The number of hydrogen-bond acceptors (Lipinski definition) is 7. The first-order valence-electron chi connectivity index (χ1n) is 23.6. The number of halogens is 2. The fourth-order valence-electron chi connectivity index (χ4n) is 8.06. The average Bonchev–Trinajstić information content (AvgIpc) is 3.70. The summed E-state index contributed by atoms with van der Waals surface area (Å²) in [5, 5.41) is 5.48. The Hall–Kier alpha value is -6.81. The molecule has 0 saturated heterocycles. The van der Waals surface area contributed by atoms with E-state index in [2.05, 4.69) is 30.3 Å². The van der Waals surface area contributed by atoms with Gasteiger partial charge in [-0.25, -0.2) is 18.4 Å². The van der Waals surface area contributed by atoms with Gasteiger partial charge in [-0.2, -0.15) is 0 Å². The van der Waals surface area contributed by atoms with E-state index in [0.717, 1.165) is 35.4 Å². The molecular weight excluding hydrogens is 911 g/mol. The summed E-state index contributed by atoms with van der Waals surface area (Å²) in [5.41, 5.74) is 8.43. The molecule has 1 heterocycles. The van der Waals surface area contributed by atoms with Crippen molar-refractivity contribution in [1.29, 1.82) is 0 Å². The molecular formula is C54H68F2N6O7Si.